The predicted molar refractivity (Wildman–Crippen MR) is 124 cm³/mol. The molecule has 7 nitrogen and oxygen atoms in total. The normalized spacial score (nSPS) is 14.4. The van der Waals surface area contributed by atoms with E-state index >= 15 is 0 Å². The molecule has 0 spiro atoms. The van der Waals surface area contributed by atoms with Gasteiger partial charge in [-0.2, -0.15) is 0 Å². The zero-order chi connectivity index (χ0) is 19.5. The van der Waals surface area contributed by atoms with E-state index in [-0.39, 0.29) is 35.4 Å². The van der Waals surface area contributed by atoms with E-state index in [4.69, 9.17) is 4.74 Å². The SMILES string of the molecule is CCNC(=NCCCOCC1CC1)NCCNS(=O)(=O)c1ccc(C)cc1.I. The van der Waals surface area contributed by atoms with Crippen LogP contribution >= 0.6 is 24.0 Å². The van der Waals surface area contributed by atoms with Gasteiger partial charge in [-0.1, -0.05) is 17.7 Å². The number of nitrogens with one attached hydrogen (secondary N) is 3. The fourth-order valence-corrected chi connectivity index (χ4v) is 3.43. The summed E-state index contributed by atoms with van der Waals surface area (Å²) >= 11 is 0. The van der Waals surface area contributed by atoms with Crippen LogP contribution in [-0.2, 0) is 14.8 Å². The first-order chi connectivity index (χ1) is 13.0. The molecule has 0 radical (unpaired) electrons. The van der Waals surface area contributed by atoms with Crippen LogP contribution in [0.3, 0.4) is 0 Å². The molecule has 28 heavy (non-hydrogen) atoms. The molecule has 1 saturated carbocycles. The maximum atomic E-state index is 12.2. The molecule has 0 aliphatic heterocycles. The first-order valence-electron chi connectivity index (χ1n) is 9.67. The summed E-state index contributed by atoms with van der Waals surface area (Å²) in [6, 6.07) is 6.80. The van der Waals surface area contributed by atoms with E-state index in [2.05, 4.69) is 20.3 Å². The van der Waals surface area contributed by atoms with Gasteiger partial charge in [-0.05, 0) is 51.2 Å². The molecule has 1 aliphatic rings. The van der Waals surface area contributed by atoms with Crippen LogP contribution in [0.5, 0.6) is 0 Å². The second kappa shape index (κ2) is 13.3. The molecule has 0 amide bonds. The number of ether oxygens (including phenoxy) is 1. The Hall–Kier alpha value is -0.910. The van der Waals surface area contributed by atoms with Gasteiger partial charge in [-0.15, -0.1) is 24.0 Å². The van der Waals surface area contributed by atoms with Crippen LogP contribution in [0.4, 0.5) is 0 Å². The summed E-state index contributed by atoms with van der Waals surface area (Å²) in [5, 5.41) is 6.30. The summed E-state index contributed by atoms with van der Waals surface area (Å²) in [7, 11) is -3.48. The number of aryl methyl sites for hydroxylation is 1. The topological polar surface area (TPSA) is 91.8 Å². The quantitative estimate of drug-likeness (QED) is 0.169. The lowest BCUT2D eigenvalue weighted by Gasteiger charge is -2.12. The zero-order valence-electron chi connectivity index (χ0n) is 16.7. The van der Waals surface area contributed by atoms with Crippen molar-refractivity contribution < 1.29 is 13.2 Å². The Morgan fingerprint density at radius 1 is 1.18 bits per heavy atom. The van der Waals surface area contributed by atoms with Crippen LogP contribution in [0.1, 0.15) is 31.7 Å². The number of rotatable bonds is 12. The Kier molecular flexibility index (Phi) is 12.0. The summed E-state index contributed by atoms with van der Waals surface area (Å²) < 4.78 is 32.7. The highest BCUT2D eigenvalue weighted by atomic mass is 127. The Balaban J connectivity index is 0.00000392. The summed E-state index contributed by atoms with van der Waals surface area (Å²) in [6.45, 7) is 7.69. The second-order valence-electron chi connectivity index (χ2n) is 6.77. The summed E-state index contributed by atoms with van der Waals surface area (Å²) in [5.41, 5.74) is 1.03. The van der Waals surface area contributed by atoms with Gasteiger partial charge in [0.05, 0.1) is 4.90 Å². The van der Waals surface area contributed by atoms with Gasteiger partial charge >= 0.3 is 0 Å². The lowest BCUT2D eigenvalue weighted by Crippen LogP contribution is -2.41. The van der Waals surface area contributed by atoms with Gasteiger partial charge in [0.1, 0.15) is 0 Å². The number of benzene rings is 1. The van der Waals surface area contributed by atoms with Gasteiger partial charge in [0, 0.05) is 39.4 Å². The van der Waals surface area contributed by atoms with Crippen molar-refractivity contribution >= 4 is 40.0 Å². The summed E-state index contributed by atoms with van der Waals surface area (Å²) in [5.74, 6) is 1.48. The van der Waals surface area contributed by atoms with Gasteiger partial charge in [-0.3, -0.25) is 4.99 Å². The molecular weight excluding hydrogens is 491 g/mol. The van der Waals surface area contributed by atoms with Gasteiger partial charge in [0.15, 0.2) is 5.96 Å². The van der Waals surface area contributed by atoms with Crippen molar-refractivity contribution in [1.29, 1.82) is 0 Å². The number of nitrogens with zero attached hydrogens (tertiary/aromatic N) is 1. The molecular formula is C19H33IN4O3S. The van der Waals surface area contributed by atoms with Crippen molar-refractivity contribution in [2.45, 2.75) is 38.0 Å². The Morgan fingerprint density at radius 3 is 2.54 bits per heavy atom. The standard InChI is InChI=1S/C19H32N4O3S.HI/c1-3-20-19(21-11-4-14-26-15-17-7-8-17)22-12-13-23-27(24,25)18-9-5-16(2)6-10-18;/h5-6,9-10,17,23H,3-4,7-8,11-15H2,1-2H3,(H2,20,21,22);1H. The molecule has 2 rings (SSSR count). The molecule has 1 aromatic rings. The number of hydrogen-bond donors (Lipinski definition) is 3. The highest BCUT2D eigenvalue weighted by Crippen LogP contribution is 2.28. The molecule has 0 unspecified atom stereocenters. The third kappa shape index (κ3) is 10.0. The maximum absolute atomic E-state index is 12.2. The smallest absolute Gasteiger partial charge is 0.240 e. The average Bonchev–Trinajstić information content (AvgIpc) is 3.46. The number of halogens is 1. The summed E-state index contributed by atoms with van der Waals surface area (Å²) in [6.07, 6.45) is 3.49. The first-order valence-corrected chi connectivity index (χ1v) is 11.2. The number of sulfonamides is 1. The minimum Gasteiger partial charge on any atom is -0.381 e. The van der Waals surface area contributed by atoms with E-state index < -0.39 is 10.0 Å². The van der Waals surface area contributed by atoms with Crippen molar-refractivity contribution in [2.75, 3.05) is 39.4 Å². The molecule has 9 heteroatoms. The molecule has 3 N–H and O–H groups in total. The van der Waals surface area contributed by atoms with E-state index in [1.165, 1.54) is 12.8 Å². The number of guanidine groups is 1. The van der Waals surface area contributed by atoms with Gasteiger partial charge in [0.25, 0.3) is 0 Å². The highest BCUT2D eigenvalue weighted by molar-refractivity contribution is 14.0. The minimum atomic E-state index is -3.48. The van der Waals surface area contributed by atoms with E-state index in [0.29, 0.717) is 19.0 Å². The lowest BCUT2D eigenvalue weighted by atomic mass is 10.2. The van der Waals surface area contributed by atoms with Crippen molar-refractivity contribution in [2.24, 2.45) is 10.9 Å². The molecule has 1 aliphatic carbocycles. The molecule has 0 saturated heterocycles. The molecule has 0 aromatic heterocycles. The van der Waals surface area contributed by atoms with Crippen LogP contribution < -0.4 is 15.4 Å². The zero-order valence-corrected chi connectivity index (χ0v) is 19.9. The molecule has 160 valence electrons. The van der Waals surface area contributed by atoms with Crippen molar-refractivity contribution in [1.82, 2.24) is 15.4 Å². The minimum absolute atomic E-state index is 0. The Labute approximate surface area is 186 Å². The molecule has 0 atom stereocenters. The molecule has 1 fully saturated rings. The second-order valence-corrected chi connectivity index (χ2v) is 8.54. The van der Waals surface area contributed by atoms with Gasteiger partial charge in [-0.25, -0.2) is 13.1 Å². The Bertz CT molecular complexity index is 692. The third-order valence-electron chi connectivity index (χ3n) is 4.15. The van der Waals surface area contributed by atoms with Crippen molar-refractivity contribution in [3.05, 3.63) is 29.8 Å². The van der Waals surface area contributed by atoms with Crippen molar-refractivity contribution in [3.8, 4) is 0 Å². The van der Waals surface area contributed by atoms with E-state index in [1.54, 1.807) is 24.3 Å². The average molecular weight is 524 g/mol. The Morgan fingerprint density at radius 2 is 1.89 bits per heavy atom. The predicted octanol–water partition coefficient (Wildman–Crippen LogP) is 2.26. The molecule has 0 heterocycles. The van der Waals surface area contributed by atoms with Crippen LogP contribution in [0.25, 0.3) is 0 Å². The third-order valence-corrected chi connectivity index (χ3v) is 5.63. The first kappa shape index (κ1) is 25.1. The maximum Gasteiger partial charge on any atom is 0.240 e. The summed E-state index contributed by atoms with van der Waals surface area (Å²) in [4.78, 5) is 4.76. The van der Waals surface area contributed by atoms with Gasteiger partial charge in [0.2, 0.25) is 10.0 Å². The van der Waals surface area contributed by atoms with E-state index in [0.717, 1.165) is 37.7 Å². The highest BCUT2D eigenvalue weighted by Gasteiger charge is 2.20. The molecule has 1 aromatic carbocycles. The van der Waals surface area contributed by atoms with Crippen molar-refractivity contribution in [3.63, 3.8) is 0 Å². The van der Waals surface area contributed by atoms with Crippen LogP contribution in [0.15, 0.2) is 34.2 Å². The fourth-order valence-electron chi connectivity index (χ4n) is 2.40. The number of hydrogen-bond acceptors (Lipinski definition) is 4. The fraction of sp³-hybridized carbons (Fsp3) is 0.632. The lowest BCUT2D eigenvalue weighted by molar-refractivity contribution is 0.123. The van der Waals surface area contributed by atoms with Gasteiger partial charge < -0.3 is 15.4 Å². The largest absolute Gasteiger partial charge is 0.381 e. The van der Waals surface area contributed by atoms with E-state index in [1.807, 2.05) is 13.8 Å². The number of aliphatic imine (C=N–C) groups is 1. The monoisotopic (exact) mass is 524 g/mol. The van der Waals surface area contributed by atoms with Crippen LogP contribution in [-0.4, -0.2) is 53.8 Å². The van der Waals surface area contributed by atoms with E-state index in [9.17, 15) is 8.42 Å². The van der Waals surface area contributed by atoms with Crippen LogP contribution in [0, 0.1) is 12.8 Å². The molecule has 0 bridgehead atoms. The van der Waals surface area contributed by atoms with Crippen LogP contribution in [0.2, 0.25) is 0 Å².